The van der Waals surface area contributed by atoms with Gasteiger partial charge in [0.05, 0.1) is 5.03 Å². The van der Waals surface area contributed by atoms with Crippen LogP contribution in [0.25, 0.3) is 10.9 Å². The number of carbonyl (C=O) groups excluding carboxylic acids is 1. The SMILES string of the molecule is O=Cc1cc(Cl)ccc1Sc1cc2ccccc2[nH]1. The third kappa shape index (κ3) is 2.53. The Hall–Kier alpha value is -1.71. The van der Waals surface area contributed by atoms with Crippen LogP contribution in [0.3, 0.4) is 0 Å². The highest BCUT2D eigenvalue weighted by atomic mass is 35.5. The first kappa shape index (κ1) is 12.3. The Morgan fingerprint density at radius 2 is 1.95 bits per heavy atom. The number of aldehydes is 1. The van der Waals surface area contributed by atoms with E-state index in [9.17, 15) is 4.79 Å². The summed E-state index contributed by atoms with van der Waals surface area (Å²) in [5.74, 6) is 0. The fourth-order valence-electron chi connectivity index (χ4n) is 1.92. The van der Waals surface area contributed by atoms with Crippen molar-refractivity contribution >= 4 is 40.6 Å². The second-order valence-corrected chi connectivity index (χ2v) is 5.64. The Morgan fingerprint density at radius 3 is 2.74 bits per heavy atom. The standard InChI is InChI=1S/C15H10ClNOS/c16-12-5-6-14(11(7-12)9-18)19-15-8-10-3-1-2-4-13(10)17-15/h1-9,17H. The van der Waals surface area contributed by atoms with Crippen molar-refractivity contribution in [3.05, 3.63) is 59.1 Å². The molecule has 2 aromatic carbocycles. The molecule has 0 amide bonds. The molecule has 0 radical (unpaired) electrons. The molecule has 19 heavy (non-hydrogen) atoms. The first-order valence-electron chi connectivity index (χ1n) is 5.76. The predicted octanol–water partition coefficient (Wildman–Crippen LogP) is 4.79. The average molecular weight is 288 g/mol. The number of aromatic amines is 1. The number of carbonyl (C=O) groups is 1. The molecule has 0 saturated heterocycles. The lowest BCUT2D eigenvalue weighted by Crippen LogP contribution is -1.85. The highest BCUT2D eigenvalue weighted by Crippen LogP contribution is 2.32. The Morgan fingerprint density at radius 1 is 1.11 bits per heavy atom. The van der Waals surface area contributed by atoms with Crippen LogP contribution in [-0.2, 0) is 0 Å². The first-order chi connectivity index (χ1) is 9.26. The van der Waals surface area contributed by atoms with E-state index in [-0.39, 0.29) is 0 Å². The maximum atomic E-state index is 11.1. The van der Waals surface area contributed by atoms with E-state index in [0.717, 1.165) is 27.1 Å². The molecule has 0 aliphatic rings. The van der Waals surface area contributed by atoms with Crippen molar-refractivity contribution in [3.8, 4) is 0 Å². The highest BCUT2D eigenvalue weighted by molar-refractivity contribution is 7.99. The Kier molecular flexibility index (Phi) is 3.32. The van der Waals surface area contributed by atoms with Gasteiger partial charge in [-0.2, -0.15) is 0 Å². The van der Waals surface area contributed by atoms with Crippen molar-refractivity contribution in [2.24, 2.45) is 0 Å². The molecule has 0 bridgehead atoms. The van der Waals surface area contributed by atoms with Crippen LogP contribution < -0.4 is 0 Å². The fraction of sp³-hybridized carbons (Fsp3) is 0. The van der Waals surface area contributed by atoms with Crippen molar-refractivity contribution in [2.75, 3.05) is 0 Å². The van der Waals surface area contributed by atoms with Gasteiger partial charge < -0.3 is 4.98 Å². The van der Waals surface area contributed by atoms with E-state index in [1.165, 1.54) is 11.8 Å². The minimum Gasteiger partial charge on any atom is -0.349 e. The molecule has 0 unspecified atom stereocenters. The van der Waals surface area contributed by atoms with Crippen LogP contribution in [0.2, 0.25) is 5.02 Å². The minimum atomic E-state index is 0.572. The van der Waals surface area contributed by atoms with Crippen LogP contribution in [0, 0.1) is 0 Å². The number of rotatable bonds is 3. The number of aromatic nitrogens is 1. The Bertz CT molecular complexity index is 718. The summed E-state index contributed by atoms with van der Waals surface area (Å²) in [7, 11) is 0. The van der Waals surface area contributed by atoms with E-state index in [1.807, 2.05) is 24.3 Å². The summed E-state index contributed by atoms with van der Waals surface area (Å²) in [4.78, 5) is 15.3. The zero-order chi connectivity index (χ0) is 13.2. The van der Waals surface area contributed by atoms with Gasteiger partial charge in [-0.3, -0.25) is 4.79 Å². The third-order valence-corrected chi connectivity index (χ3v) is 4.09. The number of para-hydroxylation sites is 1. The van der Waals surface area contributed by atoms with Crippen LogP contribution in [0.5, 0.6) is 0 Å². The molecule has 0 saturated carbocycles. The summed E-state index contributed by atoms with van der Waals surface area (Å²) in [5, 5.41) is 2.74. The van der Waals surface area contributed by atoms with E-state index in [4.69, 9.17) is 11.6 Å². The monoisotopic (exact) mass is 287 g/mol. The number of benzene rings is 2. The van der Waals surface area contributed by atoms with Gasteiger partial charge in [0.25, 0.3) is 0 Å². The summed E-state index contributed by atoms with van der Waals surface area (Å²) in [6.45, 7) is 0. The van der Waals surface area contributed by atoms with Gasteiger partial charge in [0.1, 0.15) is 0 Å². The van der Waals surface area contributed by atoms with Gasteiger partial charge in [0, 0.05) is 26.4 Å². The number of fused-ring (bicyclic) bond motifs is 1. The Balaban J connectivity index is 1.98. The summed E-state index contributed by atoms with van der Waals surface area (Å²) in [6.07, 6.45) is 0.830. The predicted molar refractivity (Wildman–Crippen MR) is 79.3 cm³/mol. The molecule has 0 atom stereocenters. The van der Waals surface area contributed by atoms with Gasteiger partial charge in [-0.25, -0.2) is 0 Å². The van der Waals surface area contributed by atoms with E-state index >= 15 is 0 Å². The molecule has 1 N–H and O–H groups in total. The number of hydrogen-bond acceptors (Lipinski definition) is 2. The van der Waals surface area contributed by atoms with E-state index in [1.54, 1.807) is 12.1 Å². The van der Waals surface area contributed by atoms with Crippen molar-refractivity contribution in [3.63, 3.8) is 0 Å². The molecule has 1 aromatic heterocycles. The molecule has 3 aromatic rings. The second kappa shape index (κ2) is 5.11. The number of H-pyrrole nitrogens is 1. The van der Waals surface area contributed by atoms with Crippen LogP contribution in [0.1, 0.15) is 10.4 Å². The van der Waals surface area contributed by atoms with Crippen LogP contribution in [0.4, 0.5) is 0 Å². The van der Waals surface area contributed by atoms with Gasteiger partial charge in [-0.15, -0.1) is 0 Å². The first-order valence-corrected chi connectivity index (χ1v) is 6.96. The number of halogens is 1. The molecule has 0 aliphatic carbocycles. The fourth-order valence-corrected chi connectivity index (χ4v) is 3.05. The molecule has 2 nitrogen and oxygen atoms in total. The van der Waals surface area contributed by atoms with Crippen LogP contribution in [0.15, 0.2) is 58.5 Å². The van der Waals surface area contributed by atoms with Gasteiger partial charge in [-0.05, 0) is 30.3 Å². The maximum absolute atomic E-state index is 11.1. The molecular formula is C15H10ClNOS. The summed E-state index contributed by atoms with van der Waals surface area (Å²) < 4.78 is 0. The molecule has 0 aliphatic heterocycles. The van der Waals surface area contributed by atoms with E-state index in [0.29, 0.717) is 10.6 Å². The normalized spacial score (nSPS) is 10.8. The zero-order valence-electron chi connectivity index (χ0n) is 9.89. The zero-order valence-corrected chi connectivity index (χ0v) is 11.5. The average Bonchev–Trinajstić information content (AvgIpc) is 2.83. The second-order valence-electron chi connectivity index (χ2n) is 4.12. The lowest BCUT2D eigenvalue weighted by atomic mass is 10.2. The van der Waals surface area contributed by atoms with Crippen molar-refractivity contribution in [2.45, 2.75) is 9.92 Å². The summed E-state index contributed by atoms with van der Waals surface area (Å²) in [5.41, 5.74) is 1.70. The van der Waals surface area contributed by atoms with Gasteiger partial charge in [-0.1, -0.05) is 41.6 Å². The molecule has 1 heterocycles. The number of hydrogen-bond donors (Lipinski definition) is 1. The largest absolute Gasteiger partial charge is 0.349 e. The Labute approximate surface area is 119 Å². The van der Waals surface area contributed by atoms with Crippen LogP contribution in [-0.4, -0.2) is 11.3 Å². The lowest BCUT2D eigenvalue weighted by Gasteiger charge is -2.03. The van der Waals surface area contributed by atoms with Crippen molar-refractivity contribution in [1.82, 2.24) is 4.98 Å². The molecule has 4 heteroatoms. The van der Waals surface area contributed by atoms with Gasteiger partial charge in [0.2, 0.25) is 0 Å². The minimum absolute atomic E-state index is 0.572. The van der Waals surface area contributed by atoms with E-state index in [2.05, 4.69) is 17.1 Å². The quantitative estimate of drug-likeness (QED) is 0.703. The maximum Gasteiger partial charge on any atom is 0.151 e. The van der Waals surface area contributed by atoms with Crippen molar-refractivity contribution in [1.29, 1.82) is 0 Å². The smallest absolute Gasteiger partial charge is 0.151 e. The molecular weight excluding hydrogens is 278 g/mol. The van der Waals surface area contributed by atoms with Crippen molar-refractivity contribution < 1.29 is 4.79 Å². The highest BCUT2D eigenvalue weighted by Gasteiger charge is 2.07. The molecule has 3 rings (SSSR count). The summed E-state index contributed by atoms with van der Waals surface area (Å²) >= 11 is 7.41. The molecule has 94 valence electrons. The lowest BCUT2D eigenvalue weighted by molar-refractivity contribution is 0.112. The van der Waals surface area contributed by atoms with Crippen LogP contribution >= 0.6 is 23.4 Å². The number of nitrogens with one attached hydrogen (secondary N) is 1. The molecule has 0 spiro atoms. The topological polar surface area (TPSA) is 32.9 Å². The molecule has 0 fully saturated rings. The van der Waals surface area contributed by atoms with E-state index < -0.39 is 0 Å². The third-order valence-electron chi connectivity index (χ3n) is 2.82. The van der Waals surface area contributed by atoms with Gasteiger partial charge in [0.15, 0.2) is 6.29 Å². The van der Waals surface area contributed by atoms with Gasteiger partial charge >= 0.3 is 0 Å². The summed E-state index contributed by atoms with van der Waals surface area (Å²) in [6, 6.07) is 15.5.